The van der Waals surface area contributed by atoms with Gasteiger partial charge in [0.2, 0.25) is 11.8 Å². The number of carbonyl (C=O) groups is 2. The number of carbonyl (C=O) groups excluding carboxylic acids is 2. The normalized spacial score (nSPS) is 23.9. The number of rotatable bonds is 4. The summed E-state index contributed by atoms with van der Waals surface area (Å²) in [6, 6.07) is -0.547. The van der Waals surface area contributed by atoms with Crippen molar-refractivity contribution in [3.8, 4) is 0 Å². The molecule has 0 radical (unpaired) electrons. The van der Waals surface area contributed by atoms with Crippen molar-refractivity contribution in [2.75, 3.05) is 39.4 Å². The summed E-state index contributed by atoms with van der Waals surface area (Å²) < 4.78 is 12.4. The molecule has 2 rings (SSSR count). The summed E-state index contributed by atoms with van der Waals surface area (Å²) in [5.74, 6) is -0.274. The van der Waals surface area contributed by atoms with E-state index in [0.717, 1.165) is 0 Å². The monoisotopic (exact) mass is 323 g/mol. The highest BCUT2D eigenvalue weighted by molar-refractivity contribution is 5.89. The maximum absolute atomic E-state index is 12.4. The van der Waals surface area contributed by atoms with Gasteiger partial charge in [0.25, 0.3) is 0 Å². The van der Waals surface area contributed by atoms with Crippen LogP contribution in [0.1, 0.15) is 19.3 Å². The number of hydrogen-bond acceptors (Lipinski definition) is 4. The van der Waals surface area contributed by atoms with Crippen LogP contribution in [0.4, 0.5) is 4.39 Å². The number of nitrogens with zero attached hydrogens (tertiary/aromatic N) is 2. The summed E-state index contributed by atoms with van der Waals surface area (Å²) in [7, 11) is 0. The van der Waals surface area contributed by atoms with Crippen molar-refractivity contribution in [1.29, 1.82) is 0 Å². The Morgan fingerprint density at radius 3 is 2.62 bits per heavy atom. The van der Waals surface area contributed by atoms with Gasteiger partial charge in [-0.15, -0.1) is 12.4 Å². The Balaban J connectivity index is 0.00000220. The Bertz CT molecular complexity index is 363. The van der Waals surface area contributed by atoms with Crippen molar-refractivity contribution in [1.82, 2.24) is 15.1 Å². The van der Waals surface area contributed by atoms with Gasteiger partial charge >= 0.3 is 0 Å². The van der Waals surface area contributed by atoms with Gasteiger partial charge in [0.05, 0.1) is 18.6 Å². The molecule has 2 fully saturated rings. The first-order chi connectivity index (χ1) is 9.61. The Kier molecular flexibility index (Phi) is 7.34. The van der Waals surface area contributed by atoms with Gasteiger partial charge in [0.15, 0.2) is 0 Å². The lowest BCUT2D eigenvalue weighted by Gasteiger charge is -2.34. The molecule has 2 amide bonds. The van der Waals surface area contributed by atoms with Gasteiger partial charge in [-0.3, -0.25) is 9.59 Å². The molecule has 0 saturated carbocycles. The molecule has 1 unspecified atom stereocenters. The second-order valence-corrected chi connectivity index (χ2v) is 5.34. The Morgan fingerprint density at radius 1 is 1.33 bits per heavy atom. The van der Waals surface area contributed by atoms with E-state index in [0.29, 0.717) is 39.0 Å². The summed E-state index contributed by atoms with van der Waals surface area (Å²) in [5, 5.41) is 12.4. The van der Waals surface area contributed by atoms with E-state index in [1.54, 1.807) is 4.90 Å². The maximum atomic E-state index is 12.4. The molecular formula is C13H23ClFN3O3. The van der Waals surface area contributed by atoms with Crippen LogP contribution in [-0.4, -0.2) is 78.3 Å². The number of nitrogens with one attached hydrogen (secondary N) is 1. The van der Waals surface area contributed by atoms with E-state index in [9.17, 15) is 19.1 Å². The fourth-order valence-electron chi connectivity index (χ4n) is 2.69. The van der Waals surface area contributed by atoms with Crippen LogP contribution in [0, 0.1) is 0 Å². The van der Waals surface area contributed by atoms with Crippen LogP contribution in [0.5, 0.6) is 0 Å². The van der Waals surface area contributed by atoms with E-state index >= 15 is 0 Å². The molecule has 1 atom stereocenters. The number of halogens is 2. The molecular weight excluding hydrogens is 301 g/mol. The quantitative estimate of drug-likeness (QED) is 0.735. The molecule has 21 heavy (non-hydrogen) atoms. The maximum Gasteiger partial charge on any atom is 0.240 e. The second kappa shape index (κ2) is 8.51. The third kappa shape index (κ3) is 4.79. The minimum atomic E-state index is -0.559. The zero-order valence-electron chi connectivity index (χ0n) is 12.0. The smallest absolute Gasteiger partial charge is 0.240 e. The third-order valence-corrected chi connectivity index (χ3v) is 3.93. The molecule has 2 heterocycles. The molecule has 0 bridgehead atoms. The number of piperazine rings is 1. The summed E-state index contributed by atoms with van der Waals surface area (Å²) >= 11 is 0. The van der Waals surface area contributed by atoms with E-state index in [1.165, 1.54) is 4.90 Å². The van der Waals surface area contributed by atoms with Crippen LogP contribution in [0.15, 0.2) is 0 Å². The highest BCUT2D eigenvalue weighted by atomic mass is 35.5. The Morgan fingerprint density at radius 2 is 2.00 bits per heavy atom. The molecule has 0 aromatic heterocycles. The fourth-order valence-corrected chi connectivity index (χ4v) is 2.69. The standard InChI is InChI=1S/C13H22FN3O3.ClH/c14-3-7-17-8-4-15-11(13(17)20)9-12(19)16-5-1-10(18)2-6-16;/h10-11,15,18H,1-9H2;1H. The average molecular weight is 324 g/mol. The lowest BCUT2D eigenvalue weighted by Crippen LogP contribution is -2.57. The van der Waals surface area contributed by atoms with Crippen LogP contribution in [0.2, 0.25) is 0 Å². The molecule has 0 aromatic rings. The minimum absolute atomic E-state index is 0. The Labute approximate surface area is 130 Å². The summed E-state index contributed by atoms with van der Waals surface area (Å²) in [5.41, 5.74) is 0. The Hall–Kier alpha value is -0.920. The zero-order valence-corrected chi connectivity index (χ0v) is 12.8. The van der Waals surface area contributed by atoms with Crippen LogP contribution >= 0.6 is 12.4 Å². The van der Waals surface area contributed by atoms with Gasteiger partial charge < -0.3 is 20.2 Å². The van der Waals surface area contributed by atoms with Crippen LogP contribution < -0.4 is 5.32 Å². The molecule has 2 saturated heterocycles. The fraction of sp³-hybridized carbons (Fsp3) is 0.846. The van der Waals surface area contributed by atoms with Gasteiger partial charge in [-0.1, -0.05) is 0 Å². The number of hydrogen-bond donors (Lipinski definition) is 2. The van der Waals surface area contributed by atoms with E-state index in [4.69, 9.17) is 0 Å². The van der Waals surface area contributed by atoms with Gasteiger partial charge in [-0.2, -0.15) is 0 Å². The molecule has 0 aliphatic carbocycles. The third-order valence-electron chi connectivity index (χ3n) is 3.93. The number of alkyl halides is 1. The van der Waals surface area contributed by atoms with Crippen molar-refractivity contribution in [2.45, 2.75) is 31.4 Å². The van der Waals surface area contributed by atoms with E-state index in [1.807, 2.05) is 0 Å². The van der Waals surface area contributed by atoms with E-state index in [2.05, 4.69) is 5.32 Å². The SMILES string of the molecule is Cl.O=C(CC1NCCN(CCF)C1=O)N1CCC(O)CC1. The molecule has 2 N–H and O–H groups in total. The molecule has 122 valence electrons. The van der Waals surface area contributed by atoms with Crippen LogP contribution in [0.3, 0.4) is 0 Å². The highest BCUT2D eigenvalue weighted by Gasteiger charge is 2.32. The molecule has 2 aliphatic heterocycles. The number of piperidine rings is 1. The summed E-state index contributed by atoms with van der Waals surface area (Å²) in [6.45, 7) is 1.69. The molecule has 6 nitrogen and oxygen atoms in total. The van der Waals surface area contributed by atoms with Gasteiger partial charge in [0, 0.05) is 32.7 Å². The first kappa shape index (κ1) is 18.1. The molecule has 0 spiro atoms. The van der Waals surface area contributed by atoms with E-state index in [-0.39, 0.29) is 43.3 Å². The summed E-state index contributed by atoms with van der Waals surface area (Å²) in [6.07, 6.45) is 0.962. The predicted molar refractivity (Wildman–Crippen MR) is 78.0 cm³/mol. The summed E-state index contributed by atoms with van der Waals surface area (Å²) in [4.78, 5) is 27.4. The molecule has 0 aromatic carbocycles. The zero-order chi connectivity index (χ0) is 14.5. The number of likely N-dealkylation sites (tertiary alicyclic amines) is 1. The van der Waals surface area contributed by atoms with Crippen molar-refractivity contribution in [3.63, 3.8) is 0 Å². The van der Waals surface area contributed by atoms with Crippen LogP contribution in [0.25, 0.3) is 0 Å². The number of amides is 2. The van der Waals surface area contributed by atoms with Crippen molar-refractivity contribution in [3.05, 3.63) is 0 Å². The number of aliphatic hydroxyl groups excluding tert-OH is 1. The van der Waals surface area contributed by atoms with Crippen molar-refractivity contribution in [2.24, 2.45) is 0 Å². The van der Waals surface area contributed by atoms with Gasteiger partial charge in [-0.05, 0) is 12.8 Å². The first-order valence-electron chi connectivity index (χ1n) is 7.16. The van der Waals surface area contributed by atoms with Crippen LogP contribution in [-0.2, 0) is 9.59 Å². The topological polar surface area (TPSA) is 72.9 Å². The van der Waals surface area contributed by atoms with Gasteiger partial charge in [-0.25, -0.2) is 4.39 Å². The lowest BCUT2D eigenvalue weighted by molar-refractivity contribution is -0.142. The van der Waals surface area contributed by atoms with E-state index < -0.39 is 12.7 Å². The second-order valence-electron chi connectivity index (χ2n) is 5.34. The average Bonchev–Trinajstić information content (AvgIpc) is 2.44. The van der Waals surface area contributed by atoms with Crippen molar-refractivity contribution < 1.29 is 19.1 Å². The molecule has 8 heteroatoms. The minimum Gasteiger partial charge on any atom is -0.393 e. The lowest BCUT2D eigenvalue weighted by atomic mass is 10.1. The number of aliphatic hydroxyl groups is 1. The largest absolute Gasteiger partial charge is 0.393 e. The van der Waals surface area contributed by atoms with Crippen molar-refractivity contribution >= 4 is 24.2 Å². The highest BCUT2D eigenvalue weighted by Crippen LogP contribution is 2.13. The predicted octanol–water partition coefficient (Wildman–Crippen LogP) is -0.448. The first-order valence-corrected chi connectivity index (χ1v) is 7.16. The molecule has 2 aliphatic rings. The van der Waals surface area contributed by atoms with Gasteiger partial charge in [0.1, 0.15) is 6.67 Å².